The van der Waals surface area contributed by atoms with Crippen LogP contribution in [-0.4, -0.2) is 64.0 Å². The zero-order valence-corrected chi connectivity index (χ0v) is 14.8. The van der Waals surface area contributed by atoms with Crippen molar-refractivity contribution in [2.24, 2.45) is 0 Å². The third-order valence-corrected chi connectivity index (χ3v) is 4.66. The van der Waals surface area contributed by atoms with Gasteiger partial charge in [-0.2, -0.15) is 0 Å². The van der Waals surface area contributed by atoms with Gasteiger partial charge in [0.1, 0.15) is 11.4 Å². The summed E-state index contributed by atoms with van der Waals surface area (Å²) >= 11 is 0. The lowest BCUT2D eigenvalue weighted by Gasteiger charge is -2.32. The molecular weight excluding hydrogens is 318 g/mol. The number of rotatable bonds is 5. The number of piperidine rings is 1. The van der Waals surface area contributed by atoms with Gasteiger partial charge in [0.05, 0.1) is 0 Å². The topological polar surface area (TPSA) is 74.2 Å². The van der Waals surface area contributed by atoms with Crippen molar-refractivity contribution in [3.8, 4) is 0 Å². The highest BCUT2D eigenvalue weighted by atomic mass is 16.2. The molecule has 0 unspecified atom stereocenters. The molecule has 2 aromatic heterocycles. The highest BCUT2D eigenvalue weighted by Gasteiger charge is 2.28. The van der Waals surface area contributed by atoms with Crippen LogP contribution in [0.4, 0.5) is 0 Å². The van der Waals surface area contributed by atoms with Crippen LogP contribution >= 0.6 is 0 Å². The van der Waals surface area contributed by atoms with Gasteiger partial charge in [0.25, 0.3) is 11.5 Å². The second-order valence-corrected chi connectivity index (χ2v) is 6.79. The normalized spacial score (nSPS) is 17.9. The zero-order chi connectivity index (χ0) is 17.8. The predicted molar refractivity (Wildman–Crippen MR) is 95.7 cm³/mol. The third kappa shape index (κ3) is 3.99. The van der Waals surface area contributed by atoms with E-state index in [4.69, 9.17) is 0 Å². The van der Waals surface area contributed by atoms with E-state index in [-0.39, 0.29) is 22.9 Å². The third-order valence-electron chi connectivity index (χ3n) is 4.66. The van der Waals surface area contributed by atoms with Gasteiger partial charge in [0.2, 0.25) is 0 Å². The minimum absolute atomic E-state index is 0.196. The van der Waals surface area contributed by atoms with Crippen molar-refractivity contribution in [3.05, 3.63) is 52.5 Å². The van der Waals surface area contributed by atoms with E-state index in [0.29, 0.717) is 13.1 Å². The summed E-state index contributed by atoms with van der Waals surface area (Å²) in [5.74, 6) is 1.04. The molecule has 7 nitrogen and oxygen atoms in total. The van der Waals surface area contributed by atoms with Crippen LogP contribution in [0.2, 0.25) is 0 Å². The van der Waals surface area contributed by atoms with E-state index >= 15 is 0 Å². The lowest BCUT2D eigenvalue weighted by atomic mass is 9.96. The summed E-state index contributed by atoms with van der Waals surface area (Å²) in [4.78, 5) is 35.6. The minimum Gasteiger partial charge on any atom is -0.338 e. The van der Waals surface area contributed by atoms with Crippen LogP contribution in [0.15, 0.2) is 35.5 Å². The van der Waals surface area contributed by atoms with Gasteiger partial charge in [0.15, 0.2) is 0 Å². The van der Waals surface area contributed by atoms with E-state index in [9.17, 15) is 9.59 Å². The number of likely N-dealkylation sites (tertiary alicyclic amines) is 1. The summed E-state index contributed by atoms with van der Waals surface area (Å²) in [5, 5.41) is 0. The summed E-state index contributed by atoms with van der Waals surface area (Å²) in [6.45, 7) is 3.11. The van der Waals surface area contributed by atoms with Crippen molar-refractivity contribution in [2.45, 2.75) is 25.3 Å². The summed E-state index contributed by atoms with van der Waals surface area (Å²) in [6, 6.07) is 3.27. The summed E-state index contributed by atoms with van der Waals surface area (Å²) in [6.07, 6.45) is 7.30. The molecule has 0 aromatic carbocycles. The Morgan fingerprint density at radius 1 is 1.44 bits per heavy atom. The fourth-order valence-electron chi connectivity index (χ4n) is 3.31. The molecule has 1 aliphatic rings. The smallest absolute Gasteiger partial charge is 0.260 e. The number of H-pyrrole nitrogens is 1. The first-order chi connectivity index (χ1) is 12.1. The number of aromatic nitrogens is 3. The number of nitrogens with one attached hydrogen (secondary N) is 1. The van der Waals surface area contributed by atoms with Gasteiger partial charge in [0, 0.05) is 50.7 Å². The Kier molecular flexibility index (Phi) is 5.33. The number of imidazole rings is 1. The van der Waals surface area contributed by atoms with Crippen molar-refractivity contribution in [3.63, 3.8) is 0 Å². The molecule has 2 aromatic rings. The van der Waals surface area contributed by atoms with Gasteiger partial charge < -0.3 is 19.4 Å². The Bertz CT molecular complexity index is 780. The van der Waals surface area contributed by atoms with E-state index in [1.807, 2.05) is 12.4 Å². The molecule has 1 amide bonds. The lowest BCUT2D eigenvalue weighted by molar-refractivity contribution is 0.0701. The molecular formula is C18H25N5O2. The summed E-state index contributed by atoms with van der Waals surface area (Å²) in [5.41, 5.74) is -0.124. The fraction of sp³-hybridized carbons (Fsp3) is 0.500. The van der Waals surface area contributed by atoms with Crippen molar-refractivity contribution in [2.75, 3.05) is 33.7 Å². The number of hydrogen-bond donors (Lipinski definition) is 1. The SMILES string of the molecule is CN(C)CCn1ccnc1[C@H]1CCCN(C(=O)c2ccc[nH]c2=O)C1. The molecule has 0 radical (unpaired) electrons. The molecule has 3 rings (SSSR count). The molecule has 1 atom stereocenters. The fourth-order valence-corrected chi connectivity index (χ4v) is 3.31. The molecule has 1 aliphatic heterocycles. The Balaban J connectivity index is 1.74. The van der Waals surface area contributed by atoms with Crippen LogP contribution < -0.4 is 5.56 Å². The number of nitrogens with zero attached hydrogens (tertiary/aromatic N) is 4. The van der Waals surface area contributed by atoms with Crippen molar-refractivity contribution in [1.82, 2.24) is 24.3 Å². The highest BCUT2D eigenvalue weighted by molar-refractivity contribution is 5.93. The number of aromatic amines is 1. The Labute approximate surface area is 147 Å². The van der Waals surface area contributed by atoms with Crippen molar-refractivity contribution >= 4 is 5.91 Å². The number of likely N-dealkylation sites (N-methyl/N-ethyl adjacent to an activating group) is 1. The first kappa shape index (κ1) is 17.4. The van der Waals surface area contributed by atoms with E-state index in [1.165, 1.54) is 0 Å². The predicted octanol–water partition coefficient (Wildman–Crippen LogP) is 1.15. The molecule has 1 N–H and O–H groups in total. The Hall–Kier alpha value is -2.41. The van der Waals surface area contributed by atoms with Crippen LogP contribution in [-0.2, 0) is 6.54 Å². The number of pyridine rings is 1. The van der Waals surface area contributed by atoms with E-state index in [2.05, 4.69) is 33.5 Å². The maximum Gasteiger partial charge on any atom is 0.260 e. The molecule has 3 heterocycles. The van der Waals surface area contributed by atoms with Gasteiger partial charge in [-0.3, -0.25) is 9.59 Å². The second-order valence-electron chi connectivity index (χ2n) is 6.79. The summed E-state index contributed by atoms with van der Waals surface area (Å²) in [7, 11) is 4.10. The largest absolute Gasteiger partial charge is 0.338 e. The van der Waals surface area contributed by atoms with E-state index in [1.54, 1.807) is 23.2 Å². The maximum absolute atomic E-state index is 12.7. The van der Waals surface area contributed by atoms with E-state index < -0.39 is 0 Å². The molecule has 0 saturated carbocycles. The van der Waals surface area contributed by atoms with Gasteiger partial charge in [-0.1, -0.05) is 0 Å². The van der Waals surface area contributed by atoms with Crippen LogP contribution in [0.3, 0.4) is 0 Å². The highest BCUT2D eigenvalue weighted by Crippen LogP contribution is 2.26. The second kappa shape index (κ2) is 7.65. The molecule has 0 bridgehead atoms. The molecule has 1 fully saturated rings. The van der Waals surface area contributed by atoms with Gasteiger partial charge in [-0.25, -0.2) is 4.98 Å². The van der Waals surface area contributed by atoms with Crippen LogP contribution in [0.5, 0.6) is 0 Å². The lowest BCUT2D eigenvalue weighted by Crippen LogP contribution is -2.41. The number of amides is 1. The van der Waals surface area contributed by atoms with E-state index in [0.717, 1.165) is 31.8 Å². The van der Waals surface area contributed by atoms with Crippen molar-refractivity contribution in [1.29, 1.82) is 0 Å². The molecule has 1 saturated heterocycles. The number of hydrogen-bond acceptors (Lipinski definition) is 4. The first-order valence-corrected chi connectivity index (χ1v) is 8.69. The Morgan fingerprint density at radius 3 is 3.04 bits per heavy atom. The van der Waals surface area contributed by atoms with Crippen LogP contribution in [0.1, 0.15) is 34.9 Å². The number of carbonyl (C=O) groups is 1. The Morgan fingerprint density at radius 2 is 2.28 bits per heavy atom. The molecule has 25 heavy (non-hydrogen) atoms. The zero-order valence-electron chi connectivity index (χ0n) is 14.8. The van der Waals surface area contributed by atoms with Gasteiger partial charge in [-0.05, 0) is 39.1 Å². The summed E-state index contributed by atoms with van der Waals surface area (Å²) < 4.78 is 2.17. The molecule has 7 heteroatoms. The van der Waals surface area contributed by atoms with Crippen LogP contribution in [0.25, 0.3) is 0 Å². The minimum atomic E-state index is -0.331. The van der Waals surface area contributed by atoms with Crippen LogP contribution in [0, 0.1) is 0 Å². The molecule has 0 aliphatic carbocycles. The first-order valence-electron chi connectivity index (χ1n) is 8.69. The van der Waals surface area contributed by atoms with Gasteiger partial charge >= 0.3 is 0 Å². The average molecular weight is 343 g/mol. The number of carbonyl (C=O) groups excluding carboxylic acids is 1. The maximum atomic E-state index is 12.7. The molecule has 134 valence electrons. The monoisotopic (exact) mass is 343 g/mol. The quantitative estimate of drug-likeness (QED) is 0.884. The van der Waals surface area contributed by atoms with Gasteiger partial charge in [-0.15, -0.1) is 0 Å². The average Bonchev–Trinajstić information content (AvgIpc) is 3.08. The standard InChI is InChI=1S/C18H25N5O2/c1-21(2)11-12-22-10-8-19-16(22)14-5-4-9-23(13-14)18(25)15-6-3-7-20-17(15)24/h3,6-8,10,14H,4-5,9,11-13H2,1-2H3,(H,20,24)/t14-/m0/s1. The van der Waals surface area contributed by atoms with Crippen molar-refractivity contribution < 1.29 is 4.79 Å². The molecule has 0 spiro atoms.